The molecule has 4 nitrogen and oxygen atoms in total. The van der Waals surface area contributed by atoms with Crippen molar-refractivity contribution in [1.29, 1.82) is 0 Å². The van der Waals surface area contributed by atoms with E-state index in [1.165, 1.54) is 77.0 Å². The molecule has 1 aliphatic rings. The highest BCUT2D eigenvalue weighted by atomic mass is 16.7. The second kappa shape index (κ2) is 16.7. The van der Waals surface area contributed by atoms with Crippen LogP contribution in [0.4, 0.5) is 0 Å². The maximum atomic E-state index is 9.17. The Balaban J connectivity index is 1.83. The molecular formula is C22H42O4. The Morgan fingerprint density at radius 2 is 1.12 bits per heavy atom. The van der Waals surface area contributed by atoms with Crippen LogP contribution in [0.3, 0.4) is 0 Å². The van der Waals surface area contributed by atoms with Crippen LogP contribution in [0.15, 0.2) is 12.2 Å². The molecule has 1 rings (SSSR count). The first-order valence-corrected chi connectivity index (χ1v) is 11.0. The van der Waals surface area contributed by atoms with E-state index in [9.17, 15) is 0 Å². The van der Waals surface area contributed by atoms with Crippen LogP contribution in [0.1, 0.15) is 96.8 Å². The largest absolute Gasteiger partial charge is 0.394 e. The second-order valence-electron chi connectivity index (χ2n) is 7.52. The van der Waals surface area contributed by atoms with E-state index in [-0.39, 0.29) is 31.7 Å². The molecule has 0 aliphatic carbocycles. The first-order chi connectivity index (χ1) is 12.8. The Bertz CT molecular complexity index is 320. The lowest BCUT2D eigenvalue weighted by Gasteiger charge is -2.09. The van der Waals surface area contributed by atoms with Gasteiger partial charge in [-0.15, -0.1) is 0 Å². The topological polar surface area (TPSA) is 58.9 Å². The van der Waals surface area contributed by atoms with E-state index >= 15 is 0 Å². The van der Waals surface area contributed by atoms with Crippen molar-refractivity contribution < 1.29 is 19.7 Å². The predicted octanol–water partition coefficient (Wildman–Crippen LogP) is 5.12. The average Bonchev–Trinajstić information content (AvgIpc) is 3.07. The minimum Gasteiger partial charge on any atom is -0.394 e. The van der Waals surface area contributed by atoms with Gasteiger partial charge in [0.2, 0.25) is 0 Å². The molecule has 0 amide bonds. The van der Waals surface area contributed by atoms with Crippen LogP contribution in [0.5, 0.6) is 0 Å². The smallest absolute Gasteiger partial charge is 0.158 e. The van der Waals surface area contributed by atoms with Crippen LogP contribution >= 0.6 is 0 Å². The van der Waals surface area contributed by atoms with Crippen LogP contribution < -0.4 is 0 Å². The fraction of sp³-hybridized carbons (Fsp3) is 0.909. The lowest BCUT2D eigenvalue weighted by molar-refractivity contribution is -0.0793. The van der Waals surface area contributed by atoms with Crippen LogP contribution in [-0.4, -0.2) is 41.9 Å². The van der Waals surface area contributed by atoms with Gasteiger partial charge in [-0.2, -0.15) is 0 Å². The van der Waals surface area contributed by atoms with E-state index in [1.807, 2.05) is 0 Å². The van der Waals surface area contributed by atoms with Gasteiger partial charge in [0.1, 0.15) is 12.2 Å². The molecule has 0 radical (unpaired) electrons. The summed E-state index contributed by atoms with van der Waals surface area (Å²) in [5, 5.41) is 18.3. The first-order valence-electron chi connectivity index (χ1n) is 11.0. The van der Waals surface area contributed by atoms with E-state index in [0.717, 1.165) is 12.8 Å². The molecule has 1 saturated heterocycles. The van der Waals surface area contributed by atoms with Crippen molar-refractivity contribution in [3.63, 3.8) is 0 Å². The van der Waals surface area contributed by atoms with Crippen LogP contribution in [0.25, 0.3) is 0 Å². The number of hydrogen-bond acceptors (Lipinski definition) is 4. The molecule has 0 bridgehead atoms. The van der Waals surface area contributed by atoms with Gasteiger partial charge in [-0.25, -0.2) is 0 Å². The summed E-state index contributed by atoms with van der Waals surface area (Å²) < 4.78 is 11.2. The summed E-state index contributed by atoms with van der Waals surface area (Å²) in [6.45, 7) is 2.09. The molecule has 2 unspecified atom stereocenters. The standard InChI is InChI=1S/C22H42O4/c1-2-3-4-5-6-7-8-9-10-11-12-13-14-15-16-17-22-25-20(18-23)21(19-24)26-22/h9-10,20-24H,2-8,11-19H2,1H3/b10-9-. The third-order valence-corrected chi connectivity index (χ3v) is 5.13. The first kappa shape index (κ1) is 23.6. The Labute approximate surface area is 161 Å². The lowest BCUT2D eigenvalue weighted by Crippen LogP contribution is -2.29. The summed E-state index contributed by atoms with van der Waals surface area (Å²) >= 11 is 0. The summed E-state index contributed by atoms with van der Waals surface area (Å²) in [5.41, 5.74) is 0. The molecule has 2 N–H and O–H groups in total. The van der Waals surface area contributed by atoms with Gasteiger partial charge in [0, 0.05) is 0 Å². The highest BCUT2D eigenvalue weighted by molar-refractivity contribution is 4.81. The van der Waals surface area contributed by atoms with Crippen molar-refractivity contribution >= 4 is 0 Å². The van der Waals surface area contributed by atoms with E-state index in [1.54, 1.807) is 0 Å². The predicted molar refractivity (Wildman–Crippen MR) is 107 cm³/mol. The van der Waals surface area contributed by atoms with Crippen molar-refractivity contribution in [3.05, 3.63) is 12.2 Å². The lowest BCUT2D eigenvalue weighted by atomic mass is 10.1. The molecule has 2 atom stereocenters. The third-order valence-electron chi connectivity index (χ3n) is 5.13. The molecule has 0 aromatic carbocycles. The quantitative estimate of drug-likeness (QED) is 0.276. The Kier molecular flexibility index (Phi) is 15.2. The van der Waals surface area contributed by atoms with E-state index in [0.29, 0.717) is 0 Å². The van der Waals surface area contributed by atoms with Gasteiger partial charge in [-0.1, -0.05) is 70.4 Å². The third kappa shape index (κ3) is 11.3. The molecule has 1 heterocycles. The van der Waals surface area contributed by atoms with E-state index < -0.39 is 0 Å². The number of unbranched alkanes of at least 4 members (excludes halogenated alkanes) is 11. The van der Waals surface area contributed by atoms with Crippen molar-refractivity contribution in [1.82, 2.24) is 0 Å². The number of allylic oxidation sites excluding steroid dienone is 2. The zero-order valence-electron chi connectivity index (χ0n) is 16.9. The Morgan fingerprint density at radius 3 is 1.62 bits per heavy atom. The Morgan fingerprint density at radius 1 is 0.654 bits per heavy atom. The summed E-state index contributed by atoms with van der Waals surface area (Å²) in [7, 11) is 0. The van der Waals surface area contributed by atoms with Crippen molar-refractivity contribution in [2.24, 2.45) is 0 Å². The van der Waals surface area contributed by atoms with Gasteiger partial charge >= 0.3 is 0 Å². The summed E-state index contributed by atoms with van der Waals surface area (Å²) in [6, 6.07) is 0. The number of aliphatic hydroxyl groups excluding tert-OH is 2. The number of aliphatic hydroxyl groups is 2. The van der Waals surface area contributed by atoms with Gasteiger partial charge in [0.25, 0.3) is 0 Å². The number of rotatable bonds is 17. The maximum absolute atomic E-state index is 9.17. The molecule has 0 saturated carbocycles. The molecule has 26 heavy (non-hydrogen) atoms. The van der Waals surface area contributed by atoms with E-state index in [2.05, 4.69) is 19.1 Å². The second-order valence-corrected chi connectivity index (χ2v) is 7.52. The van der Waals surface area contributed by atoms with Gasteiger partial charge in [-0.3, -0.25) is 0 Å². The molecule has 1 fully saturated rings. The number of hydrogen-bond donors (Lipinski definition) is 2. The van der Waals surface area contributed by atoms with Crippen LogP contribution in [0, 0.1) is 0 Å². The molecule has 1 aliphatic heterocycles. The van der Waals surface area contributed by atoms with Gasteiger partial charge in [-0.05, 0) is 38.5 Å². The van der Waals surface area contributed by atoms with Crippen LogP contribution in [0.2, 0.25) is 0 Å². The minimum absolute atomic E-state index is 0.0892. The molecule has 4 heteroatoms. The fourth-order valence-corrected chi connectivity index (χ4v) is 3.44. The van der Waals surface area contributed by atoms with Crippen LogP contribution in [-0.2, 0) is 9.47 Å². The molecular weight excluding hydrogens is 328 g/mol. The average molecular weight is 371 g/mol. The maximum Gasteiger partial charge on any atom is 0.158 e. The van der Waals surface area contributed by atoms with Gasteiger partial charge < -0.3 is 19.7 Å². The molecule has 154 valence electrons. The van der Waals surface area contributed by atoms with Gasteiger partial charge in [0.05, 0.1) is 13.2 Å². The zero-order valence-corrected chi connectivity index (χ0v) is 16.9. The fourth-order valence-electron chi connectivity index (χ4n) is 3.44. The normalized spacial score (nSPS) is 23.3. The highest BCUT2D eigenvalue weighted by Gasteiger charge is 2.34. The molecule has 0 aromatic heterocycles. The molecule has 0 aromatic rings. The van der Waals surface area contributed by atoms with Crippen molar-refractivity contribution in [2.75, 3.05) is 13.2 Å². The molecule has 0 spiro atoms. The summed E-state index contributed by atoms with van der Waals surface area (Å²) in [5.74, 6) is 0. The Hall–Kier alpha value is -0.420. The SMILES string of the molecule is CCCCCCCC/C=C\CCCCCCCC1OC(CO)C(CO)O1. The number of ether oxygens (including phenoxy) is 2. The minimum atomic E-state index is -0.367. The van der Waals surface area contributed by atoms with Gasteiger partial charge in [0.15, 0.2) is 6.29 Å². The summed E-state index contributed by atoms with van der Waals surface area (Å²) in [6.07, 6.45) is 21.4. The summed E-state index contributed by atoms with van der Waals surface area (Å²) in [4.78, 5) is 0. The van der Waals surface area contributed by atoms with Crippen molar-refractivity contribution in [3.8, 4) is 0 Å². The van der Waals surface area contributed by atoms with E-state index in [4.69, 9.17) is 19.7 Å². The highest BCUT2D eigenvalue weighted by Crippen LogP contribution is 2.23. The zero-order chi connectivity index (χ0) is 18.9. The van der Waals surface area contributed by atoms with Crippen molar-refractivity contribution in [2.45, 2.75) is 115 Å². The monoisotopic (exact) mass is 370 g/mol.